The number of esters is 1. The van der Waals surface area contributed by atoms with E-state index >= 15 is 0 Å². The molecule has 0 saturated carbocycles. The van der Waals surface area contributed by atoms with E-state index in [1.807, 2.05) is 0 Å². The van der Waals surface area contributed by atoms with Gasteiger partial charge in [0.1, 0.15) is 22.7 Å². The Morgan fingerprint density at radius 3 is 2.04 bits per heavy atom. The van der Waals surface area contributed by atoms with E-state index < -0.39 is 29.1 Å². The molecule has 0 atom stereocenters. The number of nitrogens with zero attached hydrogens (tertiary/aromatic N) is 1. The maximum atomic E-state index is 12.8. The smallest absolute Gasteiger partial charge is 0.419 e. The second kappa shape index (κ2) is 6.48. The van der Waals surface area contributed by atoms with Crippen LogP contribution in [0, 0.1) is 5.41 Å². The number of amidine groups is 1. The van der Waals surface area contributed by atoms with E-state index in [0.29, 0.717) is 10.9 Å². The van der Waals surface area contributed by atoms with Gasteiger partial charge < -0.3 is 15.2 Å². The molecule has 0 unspecified atom stereocenters. The number of hydrogen-bond acceptors (Lipinski definition) is 5. The topological polar surface area (TPSA) is 107 Å². The number of nitrogens with one attached hydrogen (secondary N) is 1. The van der Waals surface area contributed by atoms with Crippen molar-refractivity contribution < 1.29 is 19.1 Å². The number of benzene rings is 1. The number of ether oxygens (including phenoxy) is 2. The van der Waals surface area contributed by atoms with Gasteiger partial charge in [-0.15, -0.1) is 0 Å². The van der Waals surface area contributed by atoms with E-state index in [2.05, 4.69) is 0 Å². The fourth-order valence-electron chi connectivity index (χ4n) is 2.53. The molecule has 1 aromatic heterocycles. The summed E-state index contributed by atoms with van der Waals surface area (Å²) in [5, 5.41) is 8.41. The van der Waals surface area contributed by atoms with Crippen LogP contribution >= 0.6 is 0 Å². The highest BCUT2D eigenvalue weighted by atomic mass is 16.6. The van der Waals surface area contributed by atoms with E-state index in [9.17, 15) is 9.59 Å². The molecule has 7 heteroatoms. The number of carbonyl (C=O) groups excluding carboxylic acids is 2. The second-order valence-corrected chi connectivity index (χ2v) is 7.97. The number of aromatic nitrogens is 1. The standard InChI is InChI=1S/C19H25N3O4/c1-18(2,3)25-16(23)13-11-9-7-8-10-12(11)22(14(13)15(20)21)17(24)26-19(4,5)6/h7-10H,1-6H3,(H3,20,21). The van der Waals surface area contributed by atoms with Gasteiger partial charge in [-0.05, 0) is 47.6 Å². The molecule has 140 valence electrons. The minimum absolute atomic E-state index is 0.0327. The predicted octanol–water partition coefficient (Wildman–Crippen LogP) is 3.66. The molecule has 0 amide bonds. The normalized spacial score (nSPS) is 12.1. The van der Waals surface area contributed by atoms with Gasteiger partial charge in [0.15, 0.2) is 0 Å². The van der Waals surface area contributed by atoms with E-state index in [-0.39, 0.29) is 11.3 Å². The van der Waals surface area contributed by atoms with Crippen molar-refractivity contribution in [1.82, 2.24) is 4.57 Å². The second-order valence-electron chi connectivity index (χ2n) is 7.97. The van der Waals surface area contributed by atoms with Gasteiger partial charge in [-0.1, -0.05) is 18.2 Å². The van der Waals surface area contributed by atoms with E-state index in [0.717, 1.165) is 4.57 Å². The Morgan fingerprint density at radius 2 is 1.54 bits per heavy atom. The summed E-state index contributed by atoms with van der Waals surface area (Å²) in [5.74, 6) is -1.07. The van der Waals surface area contributed by atoms with E-state index in [4.69, 9.17) is 20.6 Å². The van der Waals surface area contributed by atoms with Crippen LogP contribution in [0.2, 0.25) is 0 Å². The lowest BCUT2D eigenvalue weighted by atomic mass is 10.1. The molecule has 26 heavy (non-hydrogen) atoms. The van der Waals surface area contributed by atoms with Crippen LogP contribution in [-0.4, -0.2) is 33.7 Å². The average Bonchev–Trinajstić information content (AvgIpc) is 2.78. The van der Waals surface area contributed by atoms with E-state index in [1.165, 1.54) is 0 Å². The third-order valence-electron chi connectivity index (χ3n) is 3.31. The molecule has 0 spiro atoms. The average molecular weight is 359 g/mol. The van der Waals surface area contributed by atoms with Gasteiger partial charge in [-0.2, -0.15) is 0 Å². The Kier molecular flexibility index (Phi) is 4.86. The number of fused-ring (bicyclic) bond motifs is 1. The Balaban J connectivity index is 2.77. The van der Waals surface area contributed by atoms with Crippen LogP contribution in [0.4, 0.5) is 4.79 Å². The number of nitrogen functional groups attached to an aromatic ring is 1. The Bertz CT molecular complexity index is 818. The Hall–Kier alpha value is -2.83. The summed E-state index contributed by atoms with van der Waals surface area (Å²) >= 11 is 0. The van der Waals surface area contributed by atoms with Gasteiger partial charge in [-0.25, -0.2) is 14.2 Å². The van der Waals surface area contributed by atoms with Crippen molar-refractivity contribution >= 4 is 28.8 Å². The molecule has 7 nitrogen and oxygen atoms in total. The lowest BCUT2D eigenvalue weighted by molar-refractivity contribution is 0.00715. The molecule has 0 saturated heterocycles. The third kappa shape index (κ3) is 4.04. The van der Waals surface area contributed by atoms with Crippen molar-refractivity contribution in [3.8, 4) is 0 Å². The van der Waals surface area contributed by atoms with Gasteiger partial charge in [-0.3, -0.25) is 5.41 Å². The van der Waals surface area contributed by atoms with Gasteiger partial charge in [0.25, 0.3) is 0 Å². The summed E-state index contributed by atoms with van der Waals surface area (Å²) < 4.78 is 12.1. The minimum Gasteiger partial charge on any atom is -0.456 e. The van der Waals surface area contributed by atoms with Crippen molar-refractivity contribution in [3.05, 3.63) is 35.5 Å². The van der Waals surface area contributed by atoms with Gasteiger partial charge in [0.05, 0.1) is 11.1 Å². The largest absolute Gasteiger partial charge is 0.456 e. The maximum Gasteiger partial charge on any atom is 0.419 e. The van der Waals surface area contributed by atoms with Crippen molar-refractivity contribution in [2.75, 3.05) is 0 Å². The van der Waals surface area contributed by atoms with Crippen LogP contribution < -0.4 is 5.73 Å². The molecule has 0 aliphatic rings. The monoisotopic (exact) mass is 359 g/mol. The van der Waals surface area contributed by atoms with E-state index in [1.54, 1.807) is 65.8 Å². The molecule has 3 N–H and O–H groups in total. The maximum absolute atomic E-state index is 12.8. The molecule has 0 aliphatic carbocycles. The molecule has 1 heterocycles. The summed E-state index contributed by atoms with van der Waals surface area (Å²) in [6.45, 7) is 10.4. The number of para-hydroxylation sites is 1. The molecule has 1 aromatic carbocycles. The zero-order valence-corrected chi connectivity index (χ0v) is 16.0. The van der Waals surface area contributed by atoms with Crippen LogP contribution in [0.15, 0.2) is 24.3 Å². The third-order valence-corrected chi connectivity index (χ3v) is 3.31. The molecule has 0 fully saturated rings. The zero-order chi connectivity index (χ0) is 19.9. The molecule has 0 bridgehead atoms. The fraction of sp³-hybridized carbons (Fsp3) is 0.421. The van der Waals surface area contributed by atoms with Crippen LogP contribution in [0.5, 0.6) is 0 Å². The minimum atomic E-state index is -0.747. The number of nitrogens with two attached hydrogens (primary N) is 1. The van der Waals surface area contributed by atoms with Crippen LogP contribution in [0.3, 0.4) is 0 Å². The SMILES string of the molecule is CC(C)(C)OC(=O)c1c(C(=N)N)n(C(=O)OC(C)(C)C)c2ccccc12. The Morgan fingerprint density at radius 1 is 1.00 bits per heavy atom. The summed E-state index contributed by atoms with van der Waals surface area (Å²) in [5.41, 5.74) is 4.71. The van der Waals surface area contributed by atoms with Crippen molar-refractivity contribution in [2.45, 2.75) is 52.7 Å². The van der Waals surface area contributed by atoms with Gasteiger partial charge in [0.2, 0.25) is 0 Å². The highest BCUT2D eigenvalue weighted by Crippen LogP contribution is 2.29. The van der Waals surface area contributed by atoms with Gasteiger partial charge in [0, 0.05) is 5.39 Å². The lowest BCUT2D eigenvalue weighted by Gasteiger charge is -2.21. The van der Waals surface area contributed by atoms with Gasteiger partial charge >= 0.3 is 12.1 Å². The zero-order valence-electron chi connectivity index (χ0n) is 16.0. The van der Waals surface area contributed by atoms with Crippen LogP contribution in [0.25, 0.3) is 10.9 Å². The summed E-state index contributed by atoms with van der Waals surface area (Å²) in [6.07, 6.45) is -0.714. The highest BCUT2D eigenvalue weighted by Gasteiger charge is 2.32. The predicted molar refractivity (Wildman–Crippen MR) is 99.8 cm³/mol. The number of carbonyl (C=O) groups is 2. The molecular weight excluding hydrogens is 334 g/mol. The lowest BCUT2D eigenvalue weighted by Crippen LogP contribution is -2.31. The summed E-state index contributed by atoms with van der Waals surface area (Å²) in [4.78, 5) is 25.5. The number of hydrogen-bond donors (Lipinski definition) is 2. The van der Waals surface area contributed by atoms with Crippen molar-refractivity contribution in [3.63, 3.8) is 0 Å². The first-order chi connectivity index (χ1) is 11.8. The molecule has 0 radical (unpaired) electrons. The molecule has 2 rings (SSSR count). The first-order valence-electron chi connectivity index (χ1n) is 8.26. The van der Waals surface area contributed by atoms with Crippen LogP contribution in [0.1, 0.15) is 57.6 Å². The van der Waals surface area contributed by atoms with Crippen LogP contribution in [-0.2, 0) is 9.47 Å². The summed E-state index contributed by atoms with van der Waals surface area (Å²) in [6, 6.07) is 6.81. The van der Waals surface area contributed by atoms with Crippen molar-refractivity contribution in [1.29, 1.82) is 5.41 Å². The molecule has 2 aromatic rings. The summed E-state index contributed by atoms with van der Waals surface area (Å²) in [7, 11) is 0. The first-order valence-corrected chi connectivity index (χ1v) is 8.26. The molecule has 0 aliphatic heterocycles. The van der Waals surface area contributed by atoms with Crippen molar-refractivity contribution in [2.24, 2.45) is 5.73 Å². The quantitative estimate of drug-likeness (QED) is 0.483. The number of rotatable bonds is 2. The fourth-order valence-corrected chi connectivity index (χ4v) is 2.53. The molecular formula is C19H25N3O4. The highest BCUT2D eigenvalue weighted by molar-refractivity contribution is 6.17. The Labute approximate surface area is 152 Å². The first kappa shape index (κ1) is 19.5.